The molecule has 134 heavy (non-hydrogen) atoms. The molecule has 41 heteroatoms. The van der Waals surface area contributed by atoms with Gasteiger partial charge in [0.1, 0.15) is 11.5 Å². The molecule has 6 aliphatic heterocycles. The number of fused-ring (bicyclic) bond motifs is 6. The lowest BCUT2D eigenvalue weighted by Crippen LogP contribution is -2.55. The molecule has 23 nitrogen and oxygen atoms in total. The van der Waals surface area contributed by atoms with Gasteiger partial charge in [0, 0.05) is 13.7 Å². The molecular formula is C93H60F18N6O17. The van der Waals surface area contributed by atoms with Crippen molar-refractivity contribution in [2.75, 3.05) is 44.8 Å². The van der Waals surface area contributed by atoms with E-state index in [1.807, 2.05) is 0 Å². The first-order chi connectivity index (χ1) is 62.3. The summed E-state index contributed by atoms with van der Waals surface area (Å²) < 4.78 is 274. The minimum Gasteiger partial charge on any atom is -0.506 e. The van der Waals surface area contributed by atoms with Gasteiger partial charge in [0.2, 0.25) is 10.8 Å². The summed E-state index contributed by atoms with van der Waals surface area (Å²) in [6.45, 7) is 6.49. The average Bonchev–Trinajstić information content (AvgIpc) is 1.35. The molecule has 0 unspecified atom stereocenters. The lowest BCUT2D eigenvalue weighted by atomic mass is 9.71. The van der Waals surface area contributed by atoms with Crippen LogP contribution < -0.4 is 24.5 Å². The molecule has 690 valence electrons. The summed E-state index contributed by atoms with van der Waals surface area (Å²) in [5.74, 6) is -16.1. The van der Waals surface area contributed by atoms with E-state index in [1.54, 1.807) is 19.1 Å². The standard InChI is InChI=1S/C52H37F12N3O9.C41H23F6N3O8/c1-23-16-27(46(75)76-15-7-6-14-68)19-31(17-23)65-40(69)32-12-9-29(21-36(32)43(65)72)48(51(59,60)61,52(62,63)64)30-10-13-34-37(22-30)45(74)67(42(34)71)39-25(3)18-24(2)38(26(39)4)66-41(70)33-11-8-28(20-35(33)44(66)73)47(5,49(53,54)55)50(56,57)58;1-18-3-8-24-26(13-18)37(57)49(35(24)55)29-11-4-19(14-31(29)51)20-5-12-30(32(52)15-20)50-36(56)25-10-7-22(17-28(25)38(50)58)39(40(42,43)44,41(45,46)47)21-6-9-23-27(16-21)34(54)48(2)33(23)53/h8-13,16-22,68H,6-7,14-15H2,1-5H3;3-17,51-52H,1-2H3. The normalized spacial score (nSPS) is 15.4. The predicted octanol–water partition coefficient (Wildman–Crippen LogP) is 18.4. The van der Waals surface area contributed by atoms with Crippen molar-refractivity contribution in [3.05, 3.63) is 298 Å². The minimum absolute atomic E-state index is 0.000822. The number of rotatable bonds is 16. The number of esters is 1. The number of halogens is 18. The number of aliphatic hydroxyl groups is 1. The van der Waals surface area contributed by atoms with E-state index in [1.165, 1.54) is 69.3 Å². The third-order valence-electron chi connectivity index (χ3n) is 24.3. The number of amides is 12. The molecule has 12 amide bonds. The number of ether oxygens (including phenoxy) is 1. The van der Waals surface area contributed by atoms with E-state index in [0.717, 1.165) is 42.6 Å². The van der Waals surface area contributed by atoms with Gasteiger partial charge in [-0.05, 0) is 231 Å². The number of aliphatic hydroxyl groups excluding tert-OH is 1. The highest BCUT2D eigenvalue weighted by Crippen LogP contribution is 2.61. The summed E-state index contributed by atoms with van der Waals surface area (Å²) in [6, 6.07) is 22.9. The molecule has 10 aromatic rings. The van der Waals surface area contributed by atoms with Crippen LogP contribution in [0.25, 0.3) is 11.1 Å². The van der Waals surface area contributed by atoms with Crippen LogP contribution in [0.3, 0.4) is 0 Å². The summed E-state index contributed by atoms with van der Waals surface area (Å²) in [4.78, 5) is 178. The molecule has 0 aliphatic carbocycles. The zero-order valence-electron chi connectivity index (χ0n) is 69.5. The van der Waals surface area contributed by atoms with Crippen molar-refractivity contribution in [2.24, 2.45) is 0 Å². The van der Waals surface area contributed by atoms with Crippen molar-refractivity contribution in [3.63, 3.8) is 0 Å². The van der Waals surface area contributed by atoms with E-state index in [4.69, 9.17) is 9.84 Å². The number of aryl methyl sites for hydroxylation is 4. The van der Waals surface area contributed by atoms with E-state index < -0.39 is 242 Å². The Morgan fingerprint density at radius 2 is 0.634 bits per heavy atom. The number of anilines is 5. The number of phenols is 2. The highest BCUT2D eigenvalue weighted by Gasteiger charge is 2.75. The van der Waals surface area contributed by atoms with Crippen LogP contribution in [0.2, 0.25) is 0 Å². The molecule has 6 aliphatic rings. The maximum Gasteiger partial charge on any atom is 0.411 e. The van der Waals surface area contributed by atoms with E-state index in [-0.39, 0.29) is 118 Å². The van der Waals surface area contributed by atoms with Gasteiger partial charge in [0.05, 0.1) is 107 Å². The number of benzene rings is 10. The monoisotopic (exact) mass is 1870 g/mol. The Kier molecular flexibility index (Phi) is 22.2. The fourth-order valence-electron chi connectivity index (χ4n) is 17.6. The quantitative estimate of drug-likeness (QED) is 0.0350. The van der Waals surface area contributed by atoms with Gasteiger partial charge in [-0.3, -0.25) is 62.4 Å². The number of imide groups is 6. The molecule has 0 saturated carbocycles. The van der Waals surface area contributed by atoms with Crippen molar-refractivity contribution >= 4 is 105 Å². The molecule has 0 spiro atoms. The van der Waals surface area contributed by atoms with Gasteiger partial charge in [0.15, 0.2) is 5.41 Å². The van der Waals surface area contributed by atoms with E-state index >= 15 is 52.7 Å². The summed E-state index contributed by atoms with van der Waals surface area (Å²) in [6.07, 6.45) is -36.3. The molecule has 10 aromatic carbocycles. The highest BCUT2D eigenvalue weighted by molar-refractivity contribution is 6.39. The third kappa shape index (κ3) is 14.0. The van der Waals surface area contributed by atoms with Crippen LogP contribution >= 0.6 is 0 Å². The Morgan fingerprint density at radius 3 is 1.01 bits per heavy atom. The van der Waals surface area contributed by atoms with Crippen LogP contribution in [-0.2, 0) is 21.0 Å². The number of alkyl halides is 18. The number of hydrogen-bond donors (Lipinski definition) is 3. The third-order valence-corrected chi connectivity index (χ3v) is 24.3. The largest absolute Gasteiger partial charge is 0.506 e. The Morgan fingerprint density at radius 1 is 0.321 bits per heavy atom. The number of unbranched alkanes of at least 4 members (excludes halogenated alkanes) is 1. The Bertz CT molecular complexity index is 6930. The van der Waals surface area contributed by atoms with Gasteiger partial charge in [-0.15, -0.1) is 0 Å². The molecule has 0 bridgehead atoms. The first-order valence-electron chi connectivity index (χ1n) is 39.5. The number of carbonyl (C=O) groups excluding carboxylic acids is 13. The van der Waals surface area contributed by atoms with E-state index in [0.29, 0.717) is 91.6 Å². The van der Waals surface area contributed by atoms with Gasteiger partial charge in [-0.2, -0.15) is 79.0 Å². The van der Waals surface area contributed by atoms with Crippen LogP contribution in [0.5, 0.6) is 11.5 Å². The highest BCUT2D eigenvalue weighted by atomic mass is 19.4. The first-order valence-corrected chi connectivity index (χ1v) is 39.5. The molecule has 0 aromatic heterocycles. The van der Waals surface area contributed by atoms with Crippen LogP contribution in [0.4, 0.5) is 107 Å². The molecule has 0 radical (unpaired) electrons. The number of phenolic OH excluding ortho intramolecular Hbond substituents is 2. The SMILES string of the molecule is Cc1cc(C(=O)OCCCCO)cc(N2C(=O)c3ccc(C(c4ccc5c(c4)C(=O)N(c4c(C)cc(C)c(N6C(=O)c7ccc(C(C)(C(F)(F)F)C(F)(F)F)cc7C6=O)c4C)C5=O)(C(F)(F)F)C(F)(F)F)cc3C2=O)c1.Cc1ccc2c(c1)C(=O)N(c1ccc(-c3ccc(N4C(=O)c5ccc(C(c6ccc7c(c6)C(=O)N(C)C7=O)(C(F)(F)F)C(F)(F)F)cc5C4=O)c(O)c3)cc1O)C2=O. The second kappa shape index (κ2) is 31.8. The molecule has 0 atom stereocenters. The van der Waals surface area contributed by atoms with Crippen molar-refractivity contribution < 1.29 is 161 Å². The summed E-state index contributed by atoms with van der Waals surface area (Å²) >= 11 is 0. The number of aromatic hydroxyl groups is 2. The van der Waals surface area contributed by atoms with Crippen molar-refractivity contribution in [2.45, 2.75) is 108 Å². The maximum absolute atomic E-state index is 15.7. The van der Waals surface area contributed by atoms with E-state index in [2.05, 4.69) is 0 Å². The van der Waals surface area contributed by atoms with Crippen molar-refractivity contribution in [1.29, 1.82) is 0 Å². The number of carbonyl (C=O) groups is 13. The van der Waals surface area contributed by atoms with Crippen LogP contribution in [-0.4, -0.2) is 154 Å². The van der Waals surface area contributed by atoms with Gasteiger partial charge in [-0.1, -0.05) is 60.2 Å². The van der Waals surface area contributed by atoms with Crippen molar-refractivity contribution in [3.8, 4) is 22.6 Å². The topological polar surface area (TPSA) is 311 Å². The van der Waals surface area contributed by atoms with E-state index in [9.17, 15) is 98.9 Å². The second-order valence-electron chi connectivity index (χ2n) is 32.2. The maximum atomic E-state index is 15.7. The lowest BCUT2D eigenvalue weighted by molar-refractivity contribution is -0.297. The summed E-state index contributed by atoms with van der Waals surface area (Å²) in [5, 5.41) is 30.9. The van der Waals surface area contributed by atoms with Crippen LogP contribution in [0.15, 0.2) is 170 Å². The smallest absolute Gasteiger partial charge is 0.411 e. The Labute approximate surface area is 741 Å². The van der Waals surface area contributed by atoms with Crippen LogP contribution in [0.1, 0.15) is 210 Å². The van der Waals surface area contributed by atoms with Gasteiger partial charge in [0.25, 0.3) is 70.9 Å². The molecule has 3 N–H and O–H groups in total. The van der Waals surface area contributed by atoms with Crippen LogP contribution in [0, 0.1) is 34.6 Å². The lowest BCUT2D eigenvalue weighted by Gasteiger charge is -2.38. The molecule has 16 rings (SSSR count). The zero-order chi connectivity index (χ0) is 98.3. The van der Waals surface area contributed by atoms with Gasteiger partial charge < -0.3 is 20.1 Å². The predicted molar refractivity (Wildman–Crippen MR) is 434 cm³/mol. The number of hydrogen-bond acceptors (Lipinski definition) is 17. The van der Waals surface area contributed by atoms with Crippen molar-refractivity contribution in [1.82, 2.24) is 4.90 Å². The average molecular weight is 1880 g/mol. The molecule has 6 heterocycles. The molecule has 0 saturated heterocycles. The zero-order valence-corrected chi connectivity index (χ0v) is 69.5. The fraction of sp³-hybridized carbons (Fsp3) is 0.215. The first kappa shape index (κ1) is 93.5. The summed E-state index contributed by atoms with van der Waals surface area (Å²) in [7, 11) is 1.01. The fourth-order valence-corrected chi connectivity index (χ4v) is 17.6. The Balaban J connectivity index is 0.000000211. The van der Waals surface area contributed by atoms with Gasteiger partial charge >= 0.3 is 43.0 Å². The molecule has 0 fully saturated rings. The Hall–Kier alpha value is -15.2. The molecular weight excluding hydrogens is 1820 g/mol. The minimum atomic E-state index is -6.36. The summed E-state index contributed by atoms with van der Waals surface area (Å²) in [5.41, 5.74) is -30.0. The second-order valence-corrected chi connectivity index (χ2v) is 32.2. The van der Waals surface area contributed by atoms with Gasteiger partial charge in [-0.25, -0.2) is 29.3 Å². The number of nitrogens with zero attached hydrogens (tertiary/aromatic N) is 6.